The summed E-state index contributed by atoms with van der Waals surface area (Å²) in [6.07, 6.45) is 3.65. The second-order valence-corrected chi connectivity index (χ2v) is 4.86. The average Bonchev–Trinajstić information content (AvgIpc) is 2.80. The van der Waals surface area contributed by atoms with E-state index >= 15 is 0 Å². The van der Waals surface area contributed by atoms with Crippen LogP contribution < -0.4 is 11.3 Å². The Labute approximate surface area is 117 Å². The number of nitrogens with zero attached hydrogens (tertiary/aromatic N) is 3. The van der Waals surface area contributed by atoms with Gasteiger partial charge in [-0.25, -0.2) is 5.43 Å². The Balaban J connectivity index is 2.09. The van der Waals surface area contributed by atoms with Crippen molar-refractivity contribution >= 4 is 10.9 Å². The number of hydrogen-bond acceptors (Lipinski definition) is 4. The standard InChI is InChI=1S/C15H17N5/c1-10-13(9-18-20(10)2)15(19-16)12-5-6-14-11(8-12)4-3-7-17-14/h3-9,15,19H,16H2,1-2H3. The molecule has 0 spiro atoms. The Bertz CT molecular complexity index is 747. The SMILES string of the molecule is Cc1c(C(NN)c2ccc3ncccc3c2)cnn1C. The summed E-state index contributed by atoms with van der Waals surface area (Å²) >= 11 is 0. The summed E-state index contributed by atoms with van der Waals surface area (Å²) in [4.78, 5) is 4.33. The van der Waals surface area contributed by atoms with E-state index in [-0.39, 0.29) is 6.04 Å². The Morgan fingerprint density at radius 1 is 1.30 bits per heavy atom. The molecule has 1 unspecified atom stereocenters. The predicted octanol–water partition coefficient (Wildman–Crippen LogP) is 1.83. The third-order valence-corrected chi connectivity index (χ3v) is 3.71. The Kier molecular flexibility index (Phi) is 3.22. The summed E-state index contributed by atoms with van der Waals surface area (Å²) < 4.78 is 1.85. The number of nitrogens with two attached hydrogens (primary N) is 1. The first-order chi connectivity index (χ1) is 9.70. The molecule has 5 nitrogen and oxygen atoms in total. The van der Waals surface area contributed by atoms with Gasteiger partial charge < -0.3 is 0 Å². The van der Waals surface area contributed by atoms with Gasteiger partial charge in [0.2, 0.25) is 0 Å². The third kappa shape index (κ3) is 2.07. The zero-order valence-electron chi connectivity index (χ0n) is 11.5. The molecule has 2 aromatic heterocycles. The molecule has 102 valence electrons. The minimum atomic E-state index is -0.0756. The van der Waals surface area contributed by atoms with Gasteiger partial charge in [-0.3, -0.25) is 15.5 Å². The molecule has 20 heavy (non-hydrogen) atoms. The molecule has 0 aliphatic rings. The van der Waals surface area contributed by atoms with Crippen LogP contribution in [0.25, 0.3) is 10.9 Å². The lowest BCUT2D eigenvalue weighted by atomic mass is 9.98. The fraction of sp³-hybridized carbons (Fsp3) is 0.200. The molecule has 0 fully saturated rings. The van der Waals surface area contributed by atoms with Gasteiger partial charge in [-0.1, -0.05) is 12.1 Å². The van der Waals surface area contributed by atoms with Gasteiger partial charge in [0.15, 0.2) is 0 Å². The van der Waals surface area contributed by atoms with Crippen LogP contribution in [0.2, 0.25) is 0 Å². The molecule has 0 saturated carbocycles. The van der Waals surface area contributed by atoms with Gasteiger partial charge >= 0.3 is 0 Å². The number of pyridine rings is 1. The molecule has 0 aliphatic heterocycles. The van der Waals surface area contributed by atoms with Gasteiger partial charge in [-0.05, 0) is 30.7 Å². The molecule has 0 saturated heterocycles. The number of nitrogens with one attached hydrogen (secondary N) is 1. The Morgan fingerprint density at radius 2 is 2.15 bits per heavy atom. The molecule has 0 amide bonds. The average molecular weight is 267 g/mol. The van der Waals surface area contributed by atoms with Crippen molar-refractivity contribution in [1.29, 1.82) is 0 Å². The van der Waals surface area contributed by atoms with Gasteiger partial charge in [0.25, 0.3) is 0 Å². The maximum atomic E-state index is 5.76. The summed E-state index contributed by atoms with van der Waals surface area (Å²) in [7, 11) is 1.93. The van der Waals surface area contributed by atoms with Crippen LogP contribution in [0.3, 0.4) is 0 Å². The Morgan fingerprint density at radius 3 is 2.85 bits per heavy atom. The topological polar surface area (TPSA) is 68.8 Å². The first-order valence-corrected chi connectivity index (χ1v) is 6.50. The fourth-order valence-electron chi connectivity index (χ4n) is 2.44. The van der Waals surface area contributed by atoms with E-state index < -0.39 is 0 Å². The van der Waals surface area contributed by atoms with Crippen LogP contribution in [0.1, 0.15) is 22.9 Å². The van der Waals surface area contributed by atoms with Crippen LogP contribution in [0, 0.1) is 6.92 Å². The number of fused-ring (bicyclic) bond motifs is 1. The van der Waals surface area contributed by atoms with Crippen molar-refractivity contribution in [3.8, 4) is 0 Å². The molecule has 1 atom stereocenters. The van der Waals surface area contributed by atoms with E-state index in [0.29, 0.717) is 0 Å². The normalized spacial score (nSPS) is 12.8. The van der Waals surface area contributed by atoms with Crippen molar-refractivity contribution in [1.82, 2.24) is 20.2 Å². The van der Waals surface area contributed by atoms with E-state index in [0.717, 1.165) is 27.7 Å². The van der Waals surface area contributed by atoms with E-state index in [1.54, 1.807) is 6.20 Å². The number of benzene rings is 1. The molecule has 0 radical (unpaired) electrons. The van der Waals surface area contributed by atoms with Crippen LogP contribution in [0.4, 0.5) is 0 Å². The van der Waals surface area contributed by atoms with E-state index in [1.807, 2.05) is 43.0 Å². The number of aryl methyl sites for hydroxylation is 1. The largest absolute Gasteiger partial charge is 0.273 e. The van der Waals surface area contributed by atoms with Gasteiger partial charge in [0, 0.05) is 29.9 Å². The molecule has 5 heteroatoms. The zero-order chi connectivity index (χ0) is 14.1. The maximum Gasteiger partial charge on any atom is 0.0743 e. The molecule has 0 bridgehead atoms. The van der Waals surface area contributed by atoms with E-state index in [4.69, 9.17) is 5.84 Å². The molecular weight excluding hydrogens is 250 g/mol. The van der Waals surface area contributed by atoms with Gasteiger partial charge in [-0.15, -0.1) is 0 Å². The van der Waals surface area contributed by atoms with Crippen molar-refractivity contribution in [2.75, 3.05) is 0 Å². The van der Waals surface area contributed by atoms with Crippen LogP contribution >= 0.6 is 0 Å². The summed E-state index contributed by atoms with van der Waals surface area (Å²) in [5.41, 5.74) is 7.14. The van der Waals surface area contributed by atoms with E-state index in [1.165, 1.54) is 0 Å². The molecule has 2 heterocycles. The number of aromatic nitrogens is 3. The van der Waals surface area contributed by atoms with Crippen molar-refractivity contribution < 1.29 is 0 Å². The fourth-order valence-corrected chi connectivity index (χ4v) is 2.44. The quantitative estimate of drug-likeness (QED) is 0.561. The van der Waals surface area contributed by atoms with Crippen molar-refractivity contribution in [3.05, 3.63) is 59.5 Å². The van der Waals surface area contributed by atoms with Crippen LogP contribution in [-0.4, -0.2) is 14.8 Å². The van der Waals surface area contributed by atoms with Crippen molar-refractivity contribution in [3.63, 3.8) is 0 Å². The maximum absolute atomic E-state index is 5.76. The zero-order valence-corrected chi connectivity index (χ0v) is 11.5. The molecule has 3 aromatic rings. The van der Waals surface area contributed by atoms with Crippen molar-refractivity contribution in [2.24, 2.45) is 12.9 Å². The third-order valence-electron chi connectivity index (χ3n) is 3.71. The Hall–Kier alpha value is -2.24. The highest BCUT2D eigenvalue weighted by Gasteiger charge is 2.17. The highest BCUT2D eigenvalue weighted by atomic mass is 15.3. The molecule has 3 N–H and O–H groups in total. The minimum absolute atomic E-state index is 0.0756. The van der Waals surface area contributed by atoms with Crippen molar-refractivity contribution in [2.45, 2.75) is 13.0 Å². The van der Waals surface area contributed by atoms with Gasteiger partial charge in [0.1, 0.15) is 0 Å². The lowest BCUT2D eigenvalue weighted by molar-refractivity contribution is 0.631. The molecule has 0 aliphatic carbocycles. The predicted molar refractivity (Wildman–Crippen MR) is 78.9 cm³/mol. The number of rotatable bonds is 3. The second-order valence-electron chi connectivity index (χ2n) is 4.86. The van der Waals surface area contributed by atoms with E-state index in [2.05, 4.69) is 27.6 Å². The van der Waals surface area contributed by atoms with E-state index in [9.17, 15) is 0 Å². The summed E-state index contributed by atoms with van der Waals surface area (Å²) in [5, 5.41) is 5.39. The molecule has 3 rings (SSSR count). The van der Waals surface area contributed by atoms with Crippen LogP contribution in [0.15, 0.2) is 42.7 Å². The number of hydrazine groups is 1. The van der Waals surface area contributed by atoms with Crippen LogP contribution in [0.5, 0.6) is 0 Å². The monoisotopic (exact) mass is 267 g/mol. The van der Waals surface area contributed by atoms with Crippen LogP contribution in [-0.2, 0) is 7.05 Å². The van der Waals surface area contributed by atoms with Gasteiger partial charge in [-0.2, -0.15) is 5.10 Å². The smallest absolute Gasteiger partial charge is 0.0743 e. The lowest BCUT2D eigenvalue weighted by Crippen LogP contribution is -2.29. The first kappa shape index (κ1) is 12.8. The first-order valence-electron chi connectivity index (χ1n) is 6.50. The summed E-state index contributed by atoms with van der Waals surface area (Å²) in [6.45, 7) is 2.04. The second kappa shape index (κ2) is 5.03. The highest BCUT2D eigenvalue weighted by Crippen LogP contribution is 2.26. The number of hydrogen-bond donors (Lipinski definition) is 2. The summed E-state index contributed by atoms with van der Waals surface area (Å²) in [6, 6.07) is 10.1. The highest BCUT2D eigenvalue weighted by molar-refractivity contribution is 5.79. The molecule has 1 aromatic carbocycles. The minimum Gasteiger partial charge on any atom is -0.273 e. The summed E-state index contributed by atoms with van der Waals surface area (Å²) in [5.74, 6) is 5.76. The molecular formula is C15H17N5. The van der Waals surface area contributed by atoms with Gasteiger partial charge in [0.05, 0.1) is 17.8 Å². The lowest BCUT2D eigenvalue weighted by Gasteiger charge is -2.16.